The van der Waals surface area contributed by atoms with E-state index < -0.39 is 0 Å². The van der Waals surface area contributed by atoms with Crippen LogP contribution in [0.15, 0.2) is 24.3 Å². The van der Waals surface area contributed by atoms with Crippen molar-refractivity contribution in [3.8, 4) is 6.01 Å². The Kier molecular flexibility index (Phi) is 3.05. The first-order valence-electron chi connectivity index (χ1n) is 6.25. The summed E-state index contributed by atoms with van der Waals surface area (Å²) >= 11 is 0. The number of hydrogen-bond donors (Lipinski definition) is 2. The summed E-state index contributed by atoms with van der Waals surface area (Å²) in [6.45, 7) is 3.61. The summed E-state index contributed by atoms with van der Waals surface area (Å²) in [6.07, 6.45) is 0. The average molecular weight is 256 g/mol. The highest BCUT2D eigenvalue weighted by Gasteiger charge is 2.19. The van der Waals surface area contributed by atoms with Crippen LogP contribution in [0.4, 0.5) is 11.5 Å². The van der Waals surface area contributed by atoms with Crippen molar-refractivity contribution in [2.75, 3.05) is 12.4 Å². The number of ether oxygens (including phenoxy) is 1. The third kappa shape index (κ3) is 2.24. The number of hydrogen-bond acceptors (Lipinski definition) is 5. The molecule has 5 heteroatoms. The molecule has 5 nitrogen and oxygen atoms in total. The lowest BCUT2D eigenvalue weighted by Crippen LogP contribution is -2.04. The van der Waals surface area contributed by atoms with Crippen molar-refractivity contribution in [2.24, 2.45) is 0 Å². The maximum absolute atomic E-state index is 5.16. The quantitative estimate of drug-likeness (QED) is 0.881. The average Bonchev–Trinajstić information content (AvgIpc) is 2.89. The van der Waals surface area contributed by atoms with E-state index in [1.54, 1.807) is 7.11 Å². The van der Waals surface area contributed by atoms with Gasteiger partial charge in [0.2, 0.25) is 0 Å². The van der Waals surface area contributed by atoms with Gasteiger partial charge in [0.25, 0.3) is 0 Å². The summed E-state index contributed by atoms with van der Waals surface area (Å²) < 4.78 is 5.16. The van der Waals surface area contributed by atoms with Gasteiger partial charge in [-0.05, 0) is 18.6 Å². The molecular weight excluding hydrogens is 240 g/mol. The van der Waals surface area contributed by atoms with E-state index in [0.717, 1.165) is 35.9 Å². The predicted octanol–water partition coefficient (Wildman–Crippen LogP) is 2.14. The van der Waals surface area contributed by atoms with Crippen LogP contribution < -0.4 is 15.4 Å². The SMILES string of the molecule is COc1nc2c(c(Nc3ccccc3C)n1)CNC2. The molecule has 0 unspecified atom stereocenters. The molecule has 2 aromatic rings. The second-order valence-electron chi connectivity index (χ2n) is 4.53. The Hall–Kier alpha value is -2.14. The van der Waals surface area contributed by atoms with Gasteiger partial charge in [-0.3, -0.25) is 0 Å². The number of rotatable bonds is 3. The largest absolute Gasteiger partial charge is 0.467 e. The molecule has 0 amide bonds. The van der Waals surface area contributed by atoms with Crippen LogP contribution in [0.5, 0.6) is 6.01 Å². The van der Waals surface area contributed by atoms with Gasteiger partial charge in [-0.25, -0.2) is 0 Å². The van der Waals surface area contributed by atoms with Gasteiger partial charge in [0.1, 0.15) is 5.82 Å². The molecule has 0 spiro atoms. The van der Waals surface area contributed by atoms with E-state index in [2.05, 4.69) is 33.6 Å². The zero-order chi connectivity index (χ0) is 13.2. The summed E-state index contributed by atoms with van der Waals surface area (Å²) in [6, 6.07) is 8.54. The summed E-state index contributed by atoms with van der Waals surface area (Å²) in [7, 11) is 1.58. The Morgan fingerprint density at radius 2 is 2.05 bits per heavy atom. The van der Waals surface area contributed by atoms with Gasteiger partial charge in [0.05, 0.1) is 12.8 Å². The molecule has 0 aliphatic carbocycles. The Bertz CT molecular complexity index is 612. The summed E-state index contributed by atoms with van der Waals surface area (Å²) in [5.41, 5.74) is 4.35. The van der Waals surface area contributed by atoms with Crippen LogP contribution in [-0.2, 0) is 13.1 Å². The molecule has 1 aliphatic rings. The number of nitrogens with one attached hydrogen (secondary N) is 2. The number of aryl methyl sites for hydroxylation is 1. The van der Waals surface area contributed by atoms with Crippen LogP contribution in [0, 0.1) is 6.92 Å². The highest BCUT2D eigenvalue weighted by atomic mass is 16.5. The number of fused-ring (bicyclic) bond motifs is 1. The lowest BCUT2D eigenvalue weighted by molar-refractivity contribution is 0.379. The highest BCUT2D eigenvalue weighted by Crippen LogP contribution is 2.27. The zero-order valence-electron chi connectivity index (χ0n) is 11.0. The van der Waals surface area contributed by atoms with E-state index in [0.29, 0.717) is 6.01 Å². The lowest BCUT2D eigenvalue weighted by Gasteiger charge is -2.12. The first-order valence-corrected chi connectivity index (χ1v) is 6.25. The number of para-hydroxylation sites is 1. The molecule has 19 heavy (non-hydrogen) atoms. The van der Waals surface area contributed by atoms with Crippen molar-refractivity contribution in [3.63, 3.8) is 0 Å². The number of methoxy groups -OCH3 is 1. The smallest absolute Gasteiger partial charge is 0.318 e. The van der Waals surface area contributed by atoms with Gasteiger partial charge in [-0.1, -0.05) is 18.2 Å². The van der Waals surface area contributed by atoms with Crippen LogP contribution in [0.2, 0.25) is 0 Å². The van der Waals surface area contributed by atoms with Crippen molar-refractivity contribution in [3.05, 3.63) is 41.1 Å². The molecule has 0 saturated heterocycles. The maximum atomic E-state index is 5.16. The molecule has 1 aromatic heterocycles. The predicted molar refractivity (Wildman–Crippen MR) is 73.6 cm³/mol. The van der Waals surface area contributed by atoms with Gasteiger partial charge in [-0.15, -0.1) is 0 Å². The number of benzene rings is 1. The molecule has 3 rings (SSSR count). The van der Waals surface area contributed by atoms with Crippen molar-refractivity contribution in [1.29, 1.82) is 0 Å². The number of aromatic nitrogens is 2. The molecule has 1 aliphatic heterocycles. The molecule has 98 valence electrons. The number of nitrogens with zero attached hydrogens (tertiary/aromatic N) is 2. The normalized spacial score (nSPS) is 13.2. The molecule has 1 aromatic carbocycles. The fourth-order valence-corrected chi connectivity index (χ4v) is 2.18. The molecule has 0 atom stereocenters. The Labute approximate surface area is 112 Å². The topological polar surface area (TPSA) is 59.1 Å². The molecular formula is C14H16N4O. The highest BCUT2D eigenvalue weighted by molar-refractivity contribution is 5.64. The Balaban J connectivity index is 2.01. The molecule has 0 radical (unpaired) electrons. The summed E-state index contributed by atoms with van der Waals surface area (Å²) in [5.74, 6) is 0.821. The zero-order valence-corrected chi connectivity index (χ0v) is 11.0. The second-order valence-corrected chi connectivity index (χ2v) is 4.53. The molecule has 0 fully saturated rings. The maximum Gasteiger partial charge on any atom is 0.318 e. The minimum absolute atomic E-state index is 0.401. The minimum atomic E-state index is 0.401. The van der Waals surface area contributed by atoms with Crippen molar-refractivity contribution in [2.45, 2.75) is 20.0 Å². The lowest BCUT2D eigenvalue weighted by atomic mass is 10.2. The van der Waals surface area contributed by atoms with Crippen LogP contribution in [-0.4, -0.2) is 17.1 Å². The van der Waals surface area contributed by atoms with E-state index in [1.807, 2.05) is 18.2 Å². The fourth-order valence-electron chi connectivity index (χ4n) is 2.18. The Morgan fingerprint density at radius 1 is 1.21 bits per heavy atom. The first-order chi connectivity index (χ1) is 9.28. The molecule has 0 saturated carbocycles. The number of anilines is 2. The van der Waals surface area contributed by atoms with E-state index in [4.69, 9.17) is 4.74 Å². The standard InChI is InChI=1S/C14H16N4O/c1-9-5-3-4-6-11(9)16-13-10-7-15-8-12(10)17-14(18-13)19-2/h3-6,15H,7-8H2,1-2H3,(H,16,17,18). The fraction of sp³-hybridized carbons (Fsp3) is 0.286. The summed E-state index contributed by atoms with van der Waals surface area (Å²) in [5, 5.41) is 6.66. The molecule has 2 N–H and O–H groups in total. The van der Waals surface area contributed by atoms with Crippen LogP contribution in [0.3, 0.4) is 0 Å². The van der Waals surface area contributed by atoms with Gasteiger partial charge < -0.3 is 15.4 Å². The van der Waals surface area contributed by atoms with Crippen molar-refractivity contribution >= 4 is 11.5 Å². The van der Waals surface area contributed by atoms with Gasteiger partial charge >= 0.3 is 6.01 Å². The molecule has 2 heterocycles. The van der Waals surface area contributed by atoms with Gasteiger partial charge in [0, 0.05) is 24.3 Å². The van der Waals surface area contributed by atoms with Gasteiger partial charge in [0.15, 0.2) is 0 Å². The van der Waals surface area contributed by atoms with Crippen molar-refractivity contribution < 1.29 is 4.74 Å². The van der Waals surface area contributed by atoms with E-state index in [9.17, 15) is 0 Å². The van der Waals surface area contributed by atoms with E-state index in [1.165, 1.54) is 5.56 Å². The van der Waals surface area contributed by atoms with E-state index >= 15 is 0 Å². The third-order valence-corrected chi connectivity index (χ3v) is 3.25. The van der Waals surface area contributed by atoms with Crippen molar-refractivity contribution in [1.82, 2.24) is 15.3 Å². The first kappa shape index (κ1) is 11.9. The van der Waals surface area contributed by atoms with Crippen LogP contribution >= 0.6 is 0 Å². The minimum Gasteiger partial charge on any atom is -0.467 e. The Morgan fingerprint density at radius 3 is 2.84 bits per heavy atom. The monoisotopic (exact) mass is 256 g/mol. The molecule has 0 bridgehead atoms. The van der Waals surface area contributed by atoms with Crippen LogP contribution in [0.1, 0.15) is 16.8 Å². The van der Waals surface area contributed by atoms with E-state index in [-0.39, 0.29) is 0 Å². The second kappa shape index (κ2) is 4.85. The van der Waals surface area contributed by atoms with Crippen LogP contribution in [0.25, 0.3) is 0 Å². The third-order valence-electron chi connectivity index (χ3n) is 3.25. The van der Waals surface area contributed by atoms with Gasteiger partial charge in [-0.2, -0.15) is 9.97 Å². The summed E-state index contributed by atoms with van der Waals surface area (Å²) in [4.78, 5) is 8.78.